The minimum absolute atomic E-state index is 0.657. The van der Waals surface area contributed by atoms with Crippen LogP contribution in [0.1, 0.15) is 30.4 Å². The quantitative estimate of drug-likeness (QED) is 0.884. The van der Waals surface area contributed by atoms with Gasteiger partial charge in [0.15, 0.2) is 0 Å². The highest BCUT2D eigenvalue weighted by atomic mass is 16.5. The van der Waals surface area contributed by atoms with E-state index in [-0.39, 0.29) is 0 Å². The van der Waals surface area contributed by atoms with Gasteiger partial charge in [-0.25, -0.2) is 4.99 Å². The summed E-state index contributed by atoms with van der Waals surface area (Å²) in [6.07, 6.45) is 5.12. The summed E-state index contributed by atoms with van der Waals surface area (Å²) in [5.41, 5.74) is 2.50. The van der Waals surface area contributed by atoms with Crippen molar-refractivity contribution >= 4 is 5.90 Å². The zero-order chi connectivity index (χ0) is 12.2. The summed E-state index contributed by atoms with van der Waals surface area (Å²) in [4.78, 5) is 4.33. The van der Waals surface area contributed by atoms with Gasteiger partial charge in [-0.05, 0) is 43.5 Å². The summed E-state index contributed by atoms with van der Waals surface area (Å²) in [7, 11) is 0. The molecule has 3 rings (SSSR count). The first-order valence-corrected chi connectivity index (χ1v) is 6.92. The Kier molecular flexibility index (Phi) is 3.60. The van der Waals surface area contributed by atoms with E-state index in [2.05, 4.69) is 34.6 Å². The third kappa shape index (κ3) is 2.72. The van der Waals surface area contributed by atoms with E-state index in [0.29, 0.717) is 6.04 Å². The van der Waals surface area contributed by atoms with Crippen LogP contribution in [0.15, 0.2) is 29.3 Å². The van der Waals surface area contributed by atoms with Crippen LogP contribution >= 0.6 is 0 Å². The van der Waals surface area contributed by atoms with Gasteiger partial charge in [-0.1, -0.05) is 18.6 Å². The molecule has 1 aromatic carbocycles. The average molecular weight is 244 g/mol. The zero-order valence-electron chi connectivity index (χ0n) is 10.7. The first kappa shape index (κ1) is 11.7. The maximum Gasteiger partial charge on any atom is 0.216 e. The van der Waals surface area contributed by atoms with E-state index in [9.17, 15) is 0 Å². The fourth-order valence-electron chi connectivity index (χ4n) is 2.68. The highest BCUT2D eigenvalue weighted by Crippen LogP contribution is 2.15. The minimum atomic E-state index is 0.657. The number of ether oxygens (including phenoxy) is 1. The molecule has 1 aromatic rings. The molecular weight excluding hydrogens is 224 g/mol. The lowest BCUT2D eigenvalue weighted by Crippen LogP contribution is -2.35. The van der Waals surface area contributed by atoms with Crippen LogP contribution in [0.5, 0.6) is 0 Å². The molecule has 2 heterocycles. The Hall–Kier alpha value is -1.35. The molecule has 0 bridgehead atoms. The fraction of sp³-hybridized carbons (Fsp3) is 0.533. The third-order valence-corrected chi connectivity index (χ3v) is 3.68. The van der Waals surface area contributed by atoms with Gasteiger partial charge in [0.05, 0.1) is 6.54 Å². The molecule has 3 nitrogen and oxygen atoms in total. The number of aliphatic imine (C=N–C) groups is 1. The summed E-state index contributed by atoms with van der Waals surface area (Å²) in [6, 6.07) is 9.32. The fourth-order valence-corrected chi connectivity index (χ4v) is 2.68. The number of piperidine rings is 1. The predicted octanol–water partition coefficient (Wildman–Crippen LogP) is 2.15. The van der Waals surface area contributed by atoms with Crippen molar-refractivity contribution in [3.05, 3.63) is 35.4 Å². The second kappa shape index (κ2) is 5.53. The molecular formula is C15H20N2O. The number of nitrogens with zero attached hydrogens (tertiary/aromatic N) is 1. The standard InChI is InChI=1S/C15H20N2O/c1-2-8-16-14(3-1)11-12-4-6-13(7-5-12)15-17-9-10-18-15/h4-7,14,16H,1-3,8-11H2. The van der Waals surface area contributed by atoms with E-state index < -0.39 is 0 Å². The molecule has 1 N–H and O–H groups in total. The van der Waals surface area contributed by atoms with Crippen molar-refractivity contribution in [1.29, 1.82) is 0 Å². The Balaban J connectivity index is 1.63. The summed E-state index contributed by atoms with van der Waals surface area (Å²) < 4.78 is 5.47. The first-order valence-electron chi connectivity index (χ1n) is 6.92. The number of rotatable bonds is 3. The van der Waals surface area contributed by atoms with Crippen molar-refractivity contribution in [2.75, 3.05) is 19.7 Å². The van der Waals surface area contributed by atoms with Crippen molar-refractivity contribution in [3.8, 4) is 0 Å². The maximum absolute atomic E-state index is 5.47. The van der Waals surface area contributed by atoms with Crippen molar-refractivity contribution in [3.63, 3.8) is 0 Å². The van der Waals surface area contributed by atoms with Crippen LogP contribution in [-0.2, 0) is 11.2 Å². The lowest BCUT2D eigenvalue weighted by atomic mass is 9.97. The molecule has 1 saturated heterocycles. The van der Waals surface area contributed by atoms with Crippen LogP contribution in [0, 0.1) is 0 Å². The minimum Gasteiger partial charge on any atom is -0.476 e. The molecule has 96 valence electrons. The molecule has 0 saturated carbocycles. The Bertz CT molecular complexity index is 419. The topological polar surface area (TPSA) is 33.6 Å². The Morgan fingerprint density at radius 3 is 2.78 bits per heavy atom. The van der Waals surface area contributed by atoms with Gasteiger partial charge in [-0.3, -0.25) is 0 Å². The second-order valence-electron chi connectivity index (χ2n) is 5.08. The molecule has 1 fully saturated rings. The van der Waals surface area contributed by atoms with E-state index in [1.807, 2.05) is 0 Å². The van der Waals surface area contributed by atoms with Crippen LogP contribution < -0.4 is 5.32 Å². The zero-order valence-corrected chi connectivity index (χ0v) is 10.7. The monoisotopic (exact) mass is 244 g/mol. The second-order valence-corrected chi connectivity index (χ2v) is 5.08. The van der Waals surface area contributed by atoms with Crippen LogP contribution in [-0.4, -0.2) is 31.6 Å². The predicted molar refractivity (Wildman–Crippen MR) is 73.1 cm³/mol. The van der Waals surface area contributed by atoms with Crippen molar-refractivity contribution in [2.24, 2.45) is 4.99 Å². The molecule has 2 aliphatic rings. The van der Waals surface area contributed by atoms with E-state index >= 15 is 0 Å². The number of nitrogens with one attached hydrogen (secondary N) is 1. The molecule has 0 radical (unpaired) electrons. The molecule has 2 aliphatic heterocycles. The van der Waals surface area contributed by atoms with Crippen LogP contribution in [0.4, 0.5) is 0 Å². The molecule has 0 aromatic heterocycles. The summed E-state index contributed by atoms with van der Waals surface area (Å²) >= 11 is 0. The van der Waals surface area contributed by atoms with E-state index in [1.165, 1.54) is 31.4 Å². The van der Waals surface area contributed by atoms with Gasteiger partial charge in [0.25, 0.3) is 0 Å². The van der Waals surface area contributed by atoms with Gasteiger partial charge in [-0.2, -0.15) is 0 Å². The highest BCUT2D eigenvalue weighted by molar-refractivity contribution is 5.94. The highest BCUT2D eigenvalue weighted by Gasteiger charge is 2.14. The van der Waals surface area contributed by atoms with Crippen molar-refractivity contribution in [2.45, 2.75) is 31.7 Å². The Morgan fingerprint density at radius 1 is 1.22 bits per heavy atom. The third-order valence-electron chi connectivity index (χ3n) is 3.68. The number of hydrogen-bond donors (Lipinski definition) is 1. The Labute approximate surface area is 108 Å². The van der Waals surface area contributed by atoms with Crippen molar-refractivity contribution in [1.82, 2.24) is 5.32 Å². The van der Waals surface area contributed by atoms with Crippen molar-refractivity contribution < 1.29 is 4.74 Å². The largest absolute Gasteiger partial charge is 0.476 e. The number of hydrogen-bond acceptors (Lipinski definition) is 3. The normalized spacial score (nSPS) is 23.6. The molecule has 0 spiro atoms. The smallest absolute Gasteiger partial charge is 0.216 e. The molecule has 0 aliphatic carbocycles. The molecule has 3 heteroatoms. The first-order chi connectivity index (χ1) is 8.92. The Morgan fingerprint density at radius 2 is 2.11 bits per heavy atom. The van der Waals surface area contributed by atoms with Crippen LogP contribution in [0.3, 0.4) is 0 Å². The van der Waals surface area contributed by atoms with Gasteiger partial charge in [-0.15, -0.1) is 0 Å². The molecule has 18 heavy (non-hydrogen) atoms. The molecule has 1 atom stereocenters. The lowest BCUT2D eigenvalue weighted by Gasteiger charge is -2.23. The van der Waals surface area contributed by atoms with Gasteiger partial charge in [0, 0.05) is 11.6 Å². The van der Waals surface area contributed by atoms with Crippen LogP contribution in [0.2, 0.25) is 0 Å². The van der Waals surface area contributed by atoms with Crippen LogP contribution in [0.25, 0.3) is 0 Å². The lowest BCUT2D eigenvalue weighted by molar-refractivity contribution is 0.348. The summed E-state index contributed by atoms with van der Waals surface area (Å²) in [6.45, 7) is 2.69. The van der Waals surface area contributed by atoms with Gasteiger partial charge in [0.1, 0.15) is 6.61 Å². The summed E-state index contributed by atoms with van der Waals surface area (Å²) in [5, 5.41) is 3.59. The van der Waals surface area contributed by atoms with E-state index in [4.69, 9.17) is 4.74 Å². The average Bonchev–Trinajstić information content (AvgIpc) is 2.95. The van der Waals surface area contributed by atoms with Gasteiger partial charge in [0.2, 0.25) is 5.90 Å². The molecule has 0 amide bonds. The van der Waals surface area contributed by atoms with E-state index in [1.54, 1.807) is 0 Å². The van der Waals surface area contributed by atoms with E-state index in [0.717, 1.165) is 31.0 Å². The number of benzene rings is 1. The SMILES string of the molecule is c1cc(C2=NCCO2)ccc1CC1CCCCN1. The molecule has 1 unspecified atom stereocenters. The summed E-state index contributed by atoms with van der Waals surface area (Å²) in [5.74, 6) is 0.803. The van der Waals surface area contributed by atoms with Gasteiger partial charge < -0.3 is 10.1 Å². The van der Waals surface area contributed by atoms with Gasteiger partial charge >= 0.3 is 0 Å². The maximum atomic E-state index is 5.47.